The second kappa shape index (κ2) is 9.15. The first-order valence-corrected chi connectivity index (χ1v) is 7.42. The summed E-state index contributed by atoms with van der Waals surface area (Å²) >= 11 is 0. The molecule has 6 heteroatoms. The molecule has 0 atom stereocenters. The van der Waals surface area contributed by atoms with E-state index in [-0.39, 0.29) is 11.8 Å². The number of nitrogens with one attached hydrogen (secondary N) is 2. The zero-order valence-electron chi connectivity index (χ0n) is 12.6. The summed E-state index contributed by atoms with van der Waals surface area (Å²) in [5, 5.41) is 13.9. The maximum atomic E-state index is 10.1. The summed E-state index contributed by atoms with van der Waals surface area (Å²) in [7, 11) is 3.46. The van der Waals surface area contributed by atoms with Crippen molar-refractivity contribution in [3.63, 3.8) is 0 Å². The van der Waals surface area contributed by atoms with Crippen LogP contribution in [0.3, 0.4) is 0 Å². The molecule has 2 aliphatic rings. The van der Waals surface area contributed by atoms with E-state index in [1.165, 1.54) is 19.3 Å². The summed E-state index contributed by atoms with van der Waals surface area (Å²) in [5.74, 6) is -0.238. The SMILES string of the molecule is COC1(OC)CCCCC1.O=C(O)NC1CCNCC1. The molecule has 20 heavy (non-hydrogen) atoms. The average Bonchev–Trinajstić information content (AvgIpc) is 2.49. The van der Waals surface area contributed by atoms with E-state index in [1.54, 1.807) is 14.2 Å². The van der Waals surface area contributed by atoms with Crippen molar-refractivity contribution in [1.82, 2.24) is 10.6 Å². The lowest BCUT2D eigenvalue weighted by Gasteiger charge is -2.34. The van der Waals surface area contributed by atoms with Crippen LogP contribution in [0.15, 0.2) is 0 Å². The van der Waals surface area contributed by atoms with Gasteiger partial charge in [-0.25, -0.2) is 4.79 Å². The van der Waals surface area contributed by atoms with Crippen LogP contribution in [0.25, 0.3) is 0 Å². The fraction of sp³-hybridized carbons (Fsp3) is 0.929. The Labute approximate surface area is 121 Å². The van der Waals surface area contributed by atoms with Gasteiger partial charge in [-0.15, -0.1) is 0 Å². The Kier molecular flexibility index (Phi) is 7.87. The summed E-state index contributed by atoms with van der Waals surface area (Å²) in [6.45, 7) is 1.84. The Morgan fingerprint density at radius 1 is 1.15 bits per heavy atom. The number of rotatable bonds is 3. The fourth-order valence-corrected chi connectivity index (χ4v) is 2.72. The van der Waals surface area contributed by atoms with Gasteiger partial charge in [0.05, 0.1) is 0 Å². The van der Waals surface area contributed by atoms with Crippen molar-refractivity contribution in [1.29, 1.82) is 0 Å². The first kappa shape index (κ1) is 17.2. The van der Waals surface area contributed by atoms with Crippen molar-refractivity contribution >= 4 is 6.09 Å². The van der Waals surface area contributed by atoms with Gasteiger partial charge in [0.1, 0.15) is 0 Å². The van der Waals surface area contributed by atoms with E-state index >= 15 is 0 Å². The van der Waals surface area contributed by atoms with Crippen molar-refractivity contribution in [3.05, 3.63) is 0 Å². The standard InChI is InChI=1S/C8H16O2.C6H12N2O2/c1-9-8(10-2)6-4-3-5-7-8;9-6(10)8-5-1-3-7-4-2-5/h3-7H2,1-2H3;5,7-8H,1-4H2,(H,9,10). The summed E-state index contributed by atoms with van der Waals surface area (Å²) in [5.41, 5.74) is 0. The molecular weight excluding hydrogens is 260 g/mol. The Morgan fingerprint density at radius 3 is 2.10 bits per heavy atom. The van der Waals surface area contributed by atoms with Crippen molar-refractivity contribution in [3.8, 4) is 0 Å². The molecule has 118 valence electrons. The van der Waals surface area contributed by atoms with E-state index in [9.17, 15) is 4.79 Å². The Hall–Kier alpha value is -0.850. The van der Waals surface area contributed by atoms with E-state index in [2.05, 4.69) is 10.6 Å². The fourth-order valence-electron chi connectivity index (χ4n) is 2.72. The molecule has 0 aromatic rings. The molecule has 1 amide bonds. The molecule has 0 spiro atoms. The van der Waals surface area contributed by atoms with Gasteiger partial charge < -0.3 is 25.2 Å². The molecule has 3 N–H and O–H groups in total. The quantitative estimate of drug-likeness (QED) is 0.692. The molecule has 1 aliphatic heterocycles. The third-order valence-electron chi connectivity index (χ3n) is 4.03. The third kappa shape index (κ3) is 6.07. The van der Waals surface area contributed by atoms with Crippen molar-refractivity contribution in [2.75, 3.05) is 27.3 Å². The Balaban J connectivity index is 0.000000200. The molecule has 0 unspecified atom stereocenters. The molecule has 0 radical (unpaired) electrons. The van der Waals surface area contributed by atoms with Gasteiger partial charge in [-0.2, -0.15) is 0 Å². The van der Waals surface area contributed by atoms with E-state index in [0.29, 0.717) is 0 Å². The van der Waals surface area contributed by atoms with Gasteiger partial charge in [-0.05, 0) is 38.8 Å². The van der Waals surface area contributed by atoms with Crippen molar-refractivity contribution < 1.29 is 19.4 Å². The van der Waals surface area contributed by atoms with Crippen LogP contribution in [-0.2, 0) is 9.47 Å². The van der Waals surface area contributed by atoms with E-state index < -0.39 is 6.09 Å². The van der Waals surface area contributed by atoms with Crippen molar-refractivity contribution in [2.24, 2.45) is 0 Å². The van der Waals surface area contributed by atoms with Crippen LogP contribution in [0.1, 0.15) is 44.9 Å². The molecular formula is C14H28N2O4. The summed E-state index contributed by atoms with van der Waals surface area (Å²) in [4.78, 5) is 10.1. The van der Waals surface area contributed by atoms with Gasteiger partial charge in [-0.3, -0.25) is 0 Å². The molecule has 0 aromatic heterocycles. The molecule has 1 aliphatic carbocycles. The maximum absolute atomic E-state index is 10.1. The first-order valence-electron chi connectivity index (χ1n) is 7.42. The van der Waals surface area contributed by atoms with Crippen LogP contribution in [0.5, 0.6) is 0 Å². The lowest BCUT2D eigenvalue weighted by atomic mass is 9.94. The molecule has 1 saturated carbocycles. The predicted octanol–water partition coefficient (Wildman–Crippen LogP) is 1.95. The largest absolute Gasteiger partial charge is 0.465 e. The van der Waals surface area contributed by atoms with Gasteiger partial charge in [0, 0.05) is 33.1 Å². The number of carboxylic acid groups (broad SMARTS) is 1. The normalized spacial score (nSPS) is 22.5. The molecule has 2 rings (SSSR count). The molecule has 6 nitrogen and oxygen atoms in total. The number of hydrogen-bond acceptors (Lipinski definition) is 4. The maximum Gasteiger partial charge on any atom is 0.404 e. The lowest BCUT2D eigenvalue weighted by molar-refractivity contribution is -0.222. The highest BCUT2D eigenvalue weighted by Crippen LogP contribution is 2.31. The van der Waals surface area contributed by atoms with Crippen molar-refractivity contribution in [2.45, 2.75) is 56.8 Å². The zero-order chi connectivity index (χ0) is 14.8. The van der Waals surface area contributed by atoms with Crippen LogP contribution >= 0.6 is 0 Å². The van der Waals surface area contributed by atoms with E-state index in [4.69, 9.17) is 14.6 Å². The number of piperidine rings is 1. The van der Waals surface area contributed by atoms with Crippen LogP contribution in [-0.4, -0.2) is 50.3 Å². The van der Waals surface area contributed by atoms with Gasteiger partial charge in [0.15, 0.2) is 5.79 Å². The predicted molar refractivity (Wildman–Crippen MR) is 76.9 cm³/mol. The topological polar surface area (TPSA) is 79.8 Å². The molecule has 1 heterocycles. The molecule has 1 saturated heterocycles. The van der Waals surface area contributed by atoms with E-state index in [1.807, 2.05) is 0 Å². The second-order valence-electron chi connectivity index (χ2n) is 5.35. The van der Waals surface area contributed by atoms with Gasteiger partial charge in [-0.1, -0.05) is 6.42 Å². The molecule has 0 aromatic carbocycles. The Bertz CT molecular complexity index is 268. The van der Waals surface area contributed by atoms with Crippen LogP contribution in [0.4, 0.5) is 4.79 Å². The van der Waals surface area contributed by atoms with Crippen LogP contribution in [0, 0.1) is 0 Å². The zero-order valence-corrected chi connectivity index (χ0v) is 12.6. The summed E-state index contributed by atoms with van der Waals surface area (Å²) in [6, 6.07) is 0.166. The molecule has 2 fully saturated rings. The van der Waals surface area contributed by atoms with Crippen LogP contribution < -0.4 is 10.6 Å². The summed E-state index contributed by atoms with van der Waals surface area (Å²) < 4.78 is 10.6. The summed E-state index contributed by atoms with van der Waals surface area (Å²) in [6.07, 6.45) is 6.82. The minimum absolute atomic E-state index is 0.166. The second-order valence-corrected chi connectivity index (χ2v) is 5.35. The smallest absolute Gasteiger partial charge is 0.404 e. The average molecular weight is 288 g/mol. The van der Waals surface area contributed by atoms with Gasteiger partial charge in [0.2, 0.25) is 0 Å². The highest BCUT2D eigenvalue weighted by molar-refractivity contribution is 5.64. The third-order valence-corrected chi connectivity index (χ3v) is 4.03. The number of carbonyl (C=O) groups is 1. The minimum Gasteiger partial charge on any atom is -0.465 e. The number of amides is 1. The minimum atomic E-state index is -0.910. The molecule has 0 bridgehead atoms. The Morgan fingerprint density at radius 2 is 1.70 bits per heavy atom. The number of methoxy groups -OCH3 is 2. The number of hydrogen-bond donors (Lipinski definition) is 3. The van der Waals surface area contributed by atoms with Gasteiger partial charge >= 0.3 is 6.09 Å². The highest BCUT2D eigenvalue weighted by atomic mass is 16.7. The first-order chi connectivity index (χ1) is 9.62. The van der Waals surface area contributed by atoms with Gasteiger partial charge in [0.25, 0.3) is 0 Å². The lowest BCUT2D eigenvalue weighted by Crippen LogP contribution is -2.42. The van der Waals surface area contributed by atoms with E-state index in [0.717, 1.165) is 38.8 Å². The number of ether oxygens (including phenoxy) is 2. The monoisotopic (exact) mass is 288 g/mol. The highest BCUT2D eigenvalue weighted by Gasteiger charge is 2.30. The van der Waals surface area contributed by atoms with Crippen LogP contribution in [0.2, 0.25) is 0 Å².